The van der Waals surface area contributed by atoms with Gasteiger partial charge in [0.25, 0.3) is 0 Å². The molecule has 2 nitrogen and oxygen atoms in total. The first kappa shape index (κ1) is 10.6. The molecule has 0 saturated heterocycles. The summed E-state index contributed by atoms with van der Waals surface area (Å²) in [6, 6.07) is 7.63. The molecule has 1 aromatic carbocycles. The lowest BCUT2D eigenvalue weighted by atomic mass is 10.1. The Morgan fingerprint density at radius 2 is 2.07 bits per heavy atom. The maximum absolute atomic E-state index is 6.06. The van der Waals surface area contributed by atoms with Crippen LogP contribution >= 0.6 is 22.9 Å². The SMILES string of the molecule is NC(Cc1nccs1)c1ccc(Cl)cc1. The third-order valence-corrected chi connectivity index (χ3v) is 3.23. The topological polar surface area (TPSA) is 38.9 Å². The van der Waals surface area contributed by atoms with Gasteiger partial charge in [-0.3, -0.25) is 0 Å². The van der Waals surface area contributed by atoms with Crippen LogP contribution in [0.15, 0.2) is 35.8 Å². The zero-order valence-electron chi connectivity index (χ0n) is 8.06. The molecule has 0 bridgehead atoms. The molecule has 1 heterocycles. The quantitative estimate of drug-likeness (QED) is 0.893. The average molecular weight is 239 g/mol. The summed E-state index contributed by atoms with van der Waals surface area (Å²) in [7, 11) is 0. The molecule has 0 aliphatic carbocycles. The molecule has 0 aliphatic rings. The number of nitrogens with two attached hydrogens (primary N) is 1. The van der Waals surface area contributed by atoms with Crippen LogP contribution in [0.2, 0.25) is 5.02 Å². The van der Waals surface area contributed by atoms with Gasteiger partial charge in [-0.05, 0) is 17.7 Å². The highest BCUT2D eigenvalue weighted by atomic mass is 35.5. The van der Waals surface area contributed by atoms with E-state index >= 15 is 0 Å². The summed E-state index contributed by atoms with van der Waals surface area (Å²) in [5.41, 5.74) is 7.15. The summed E-state index contributed by atoms with van der Waals surface area (Å²) >= 11 is 7.44. The lowest BCUT2D eigenvalue weighted by Crippen LogP contribution is -2.12. The minimum Gasteiger partial charge on any atom is -0.324 e. The van der Waals surface area contributed by atoms with Crippen molar-refractivity contribution in [2.24, 2.45) is 5.73 Å². The van der Waals surface area contributed by atoms with E-state index in [1.165, 1.54) is 0 Å². The molecule has 1 unspecified atom stereocenters. The second-order valence-corrected chi connectivity index (χ2v) is 4.70. The summed E-state index contributed by atoms with van der Waals surface area (Å²) in [6.45, 7) is 0. The van der Waals surface area contributed by atoms with Gasteiger partial charge in [0.15, 0.2) is 0 Å². The molecule has 1 atom stereocenters. The summed E-state index contributed by atoms with van der Waals surface area (Å²) < 4.78 is 0. The molecule has 0 spiro atoms. The van der Waals surface area contributed by atoms with Gasteiger partial charge < -0.3 is 5.73 Å². The molecule has 0 saturated carbocycles. The number of thiazole rings is 1. The van der Waals surface area contributed by atoms with Gasteiger partial charge >= 0.3 is 0 Å². The molecule has 4 heteroatoms. The predicted molar refractivity (Wildman–Crippen MR) is 64.2 cm³/mol. The molecule has 0 radical (unpaired) electrons. The lowest BCUT2D eigenvalue weighted by molar-refractivity contribution is 0.718. The highest BCUT2D eigenvalue weighted by Gasteiger charge is 2.08. The van der Waals surface area contributed by atoms with Crippen LogP contribution in [0.5, 0.6) is 0 Å². The Labute approximate surface area is 97.7 Å². The molecule has 2 aromatic rings. The van der Waals surface area contributed by atoms with Crippen LogP contribution in [-0.2, 0) is 6.42 Å². The minimum atomic E-state index is -0.00610. The zero-order chi connectivity index (χ0) is 10.7. The molecule has 0 amide bonds. The minimum absolute atomic E-state index is 0.00610. The van der Waals surface area contributed by atoms with Gasteiger partial charge in [0, 0.05) is 29.1 Å². The Kier molecular flexibility index (Phi) is 3.36. The predicted octanol–water partition coefficient (Wildman–Crippen LogP) is 3.04. The Hall–Kier alpha value is -0.900. The molecule has 2 rings (SSSR count). The van der Waals surface area contributed by atoms with Crippen LogP contribution < -0.4 is 5.73 Å². The number of nitrogens with zero attached hydrogens (tertiary/aromatic N) is 1. The van der Waals surface area contributed by atoms with E-state index in [4.69, 9.17) is 17.3 Å². The van der Waals surface area contributed by atoms with E-state index in [0.717, 1.165) is 22.0 Å². The van der Waals surface area contributed by atoms with Crippen LogP contribution in [0.4, 0.5) is 0 Å². The monoisotopic (exact) mass is 238 g/mol. The van der Waals surface area contributed by atoms with Crippen LogP contribution in [0, 0.1) is 0 Å². The standard InChI is InChI=1S/C11H11ClN2S/c12-9-3-1-8(2-4-9)10(13)7-11-14-5-6-15-11/h1-6,10H,7,13H2. The first-order valence-corrected chi connectivity index (χ1v) is 5.91. The highest BCUT2D eigenvalue weighted by Crippen LogP contribution is 2.19. The molecule has 2 N–H and O–H groups in total. The summed E-state index contributed by atoms with van der Waals surface area (Å²) in [5, 5.41) is 3.77. The normalized spacial score (nSPS) is 12.7. The van der Waals surface area contributed by atoms with Gasteiger partial charge in [-0.25, -0.2) is 4.98 Å². The fraction of sp³-hybridized carbons (Fsp3) is 0.182. The van der Waals surface area contributed by atoms with Gasteiger partial charge in [-0.15, -0.1) is 11.3 Å². The fourth-order valence-corrected chi connectivity index (χ4v) is 2.17. The van der Waals surface area contributed by atoms with E-state index in [2.05, 4.69) is 4.98 Å². The molecule has 15 heavy (non-hydrogen) atoms. The zero-order valence-corrected chi connectivity index (χ0v) is 9.63. The van der Waals surface area contributed by atoms with Crippen molar-refractivity contribution >= 4 is 22.9 Å². The average Bonchev–Trinajstić information content (AvgIpc) is 2.71. The van der Waals surface area contributed by atoms with Gasteiger partial charge in [0.2, 0.25) is 0 Å². The number of rotatable bonds is 3. The smallest absolute Gasteiger partial charge is 0.0943 e. The van der Waals surface area contributed by atoms with E-state index in [0.29, 0.717) is 0 Å². The second-order valence-electron chi connectivity index (χ2n) is 3.29. The first-order valence-electron chi connectivity index (χ1n) is 4.65. The van der Waals surface area contributed by atoms with Crippen molar-refractivity contribution in [2.75, 3.05) is 0 Å². The maximum Gasteiger partial charge on any atom is 0.0943 e. The number of benzene rings is 1. The van der Waals surface area contributed by atoms with Crippen LogP contribution in [-0.4, -0.2) is 4.98 Å². The largest absolute Gasteiger partial charge is 0.324 e. The van der Waals surface area contributed by atoms with Crippen molar-refractivity contribution in [3.05, 3.63) is 51.4 Å². The Bertz CT molecular complexity index is 411. The summed E-state index contributed by atoms with van der Waals surface area (Å²) in [5.74, 6) is 0. The number of aromatic nitrogens is 1. The summed E-state index contributed by atoms with van der Waals surface area (Å²) in [6.07, 6.45) is 2.58. The van der Waals surface area contributed by atoms with E-state index in [1.807, 2.05) is 29.6 Å². The van der Waals surface area contributed by atoms with Gasteiger partial charge in [0.1, 0.15) is 0 Å². The van der Waals surface area contributed by atoms with Crippen molar-refractivity contribution in [1.82, 2.24) is 4.98 Å². The first-order chi connectivity index (χ1) is 7.25. The number of hydrogen-bond donors (Lipinski definition) is 1. The molecule has 78 valence electrons. The van der Waals surface area contributed by atoms with E-state index in [1.54, 1.807) is 17.5 Å². The van der Waals surface area contributed by atoms with E-state index in [-0.39, 0.29) is 6.04 Å². The Morgan fingerprint density at radius 3 is 2.67 bits per heavy atom. The third-order valence-electron chi connectivity index (χ3n) is 2.18. The van der Waals surface area contributed by atoms with E-state index < -0.39 is 0 Å². The second kappa shape index (κ2) is 4.75. The van der Waals surface area contributed by atoms with Gasteiger partial charge in [-0.1, -0.05) is 23.7 Å². The molecular weight excluding hydrogens is 228 g/mol. The van der Waals surface area contributed by atoms with Crippen molar-refractivity contribution < 1.29 is 0 Å². The van der Waals surface area contributed by atoms with E-state index in [9.17, 15) is 0 Å². The summed E-state index contributed by atoms with van der Waals surface area (Å²) in [4.78, 5) is 4.21. The molecule has 0 fully saturated rings. The molecular formula is C11H11ClN2S. The van der Waals surface area contributed by atoms with Crippen molar-refractivity contribution in [2.45, 2.75) is 12.5 Å². The van der Waals surface area contributed by atoms with Crippen LogP contribution in [0.1, 0.15) is 16.6 Å². The fourth-order valence-electron chi connectivity index (χ4n) is 1.37. The van der Waals surface area contributed by atoms with Gasteiger partial charge in [0.05, 0.1) is 5.01 Å². The number of hydrogen-bond acceptors (Lipinski definition) is 3. The van der Waals surface area contributed by atoms with Crippen molar-refractivity contribution in [3.63, 3.8) is 0 Å². The highest BCUT2D eigenvalue weighted by molar-refractivity contribution is 7.09. The van der Waals surface area contributed by atoms with Crippen molar-refractivity contribution in [3.8, 4) is 0 Å². The third kappa shape index (κ3) is 2.78. The van der Waals surface area contributed by atoms with Crippen LogP contribution in [0.3, 0.4) is 0 Å². The number of halogens is 1. The lowest BCUT2D eigenvalue weighted by Gasteiger charge is -2.09. The maximum atomic E-state index is 6.06. The Morgan fingerprint density at radius 1 is 1.33 bits per heavy atom. The van der Waals surface area contributed by atoms with Gasteiger partial charge in [-0.2, -0.15) is 0 Å². The van der Waals surface area contributed by atoms with Crippen molar-refractivity contribution in [1.29, 1.82) is 0 Å². The molecule has 0 aliphatic heterocycles. The van der Waals surface area contributed by atoms with Crippen LogP contribution in [0.25, 0.3) is 0 Å². The molecule has 1 aromatic heterocycles. The Balaban J connectivity index is 2.08.